The average molecular weight is 399 g/mol. The zero-order valence-corrected chi connectivity index (χ0v) is 16.8. The number of aromatic nitrogens is 2. The van der Waals surface area contributed by atoms with Gasteiger partial charge in [0.25, 0.3) is 0 Å². The molecule has 0 saturated heterocycles. The Morgan fingerprint density at radius 2 is 2.10 bits per heavy atom. The van der Waals surface area contributed by atoms with Crippen LogP contribution in [0.5, 0.6) is 5.75 Å². The first-order valence-electron chi connectivity index (χ1n) is 9.93. The van der Waals surface area contributed by atoms with Gasteiger partial charge in [-0.05, 0) is 65.6 Å². The second-order valence-corrected chi connectivity index (χ2v) is 7.53. The highest BCUT2D eigenvalue weighted by molar-refractivity contribution is 6.08. The summed E-state index contributed by atoms with van der Waals surface area (Å²) in [6.45, 7) is 2.59. The van der Waals surface area contributed by atoms with Crippen molar-refractivity contribution in [3.05, 3.63) is 59.3 Å². The van der Waals surface area contributed by atoms with Gasteiger partial charge in [-0.3, -0.25) is 9.78 Å². The number of nitrogens with one attached hydrogen (secondary N) is 1. The molecule has 150 valence electrons. The summed E-state index contributed by atoms with van der Waals surface area (Å²) in [7, 11) is 1.83. The maximum Gasteiger partial charge on any atom is 0.307 e. The van der Waals surface area contributed by atoms with Crippen LogP contribution in [0, 0.1) is 6.92 Å². The van der Waals surface area contributed by atoms with Crippen molar-refractivity contribution < 1.29 is 14.6 Å². The number of anilines is 1. The van der Waals surface area contributed by atoms with Crippen molar-refractivity contribution in [1.82, 2.24) is 9.97 Å². The van der Waals surface area contributed by atoms with Crippen LogP contribution in [-0.4, -0.2) is 34.7 Å². The second-order valence-electron chi connectivity index (χ2n) is 7.53. The minimum atomic E-state index is -0.863. The minimum Gasteiger partial charge on any atom is -0.493 e. The van der Waals surface area contributed by atoms with Crippen molar-refractivity contribution in [2.45, 2.75) is 19.8 Å². The zero-order chi connectivity index (χ0) is 20.8. The SMILES string of the molecule is CNc1ccc2c(-c3ccc4c5c(ccnc35)CCO4)c(CC(=O)O)c(C)cc2n1. The molecular weight excluding hydrogens is 378 g/mol. The molecule has 2 N–H and O–H groups in total. The summed E-state index contributed by atoms with van der Waals surface area (Å²) >= 11 is 0. The highest BCUT2D eigenvalue weighted by atomic mass is 16.5. The fourth-order valence-electron chi connectivity index (χ4n) is 4.38. The van der Waals surface area contributed by atoms with E-state index >= 15 is 0 Å². The molecule has 6 heteroatoms. The fraction of sp³-hybridized carbons (Fsp3) is 0.208. The van der Waals surface area contributed by atoms with Crippen LogP contribution in [0.15, 0.2) is 42.6 Å². The van der Waals surface area contributed by atoms with Gasteiger partial charge in [0.1, 0.15) is 11.6 Å². The molecule has 5 rings (SSSR count). The van der Waals surface area contributed by atoms with Gasteiger partial charge in [-0.1, -0.05) is 0 Å². The molecule has 0 radical (unpaired) electrons. The number of ether oxygens (including phenoxy) is 1. The standard InChI is InChI=1S/C24H21N3O3/c1-13-11-18-15(4-6-20(25-2)27-18)23(17(13)12-21(28)29)16-3-5-19-22-14(8-10-30-19)7-9-26-24(16)22/h3-7,9,11H,8,10,12H2,1-2H3,(H,25,27)(H,28,29). The average Bonchev–Trinajstić information content (AvgIpc) is 2.75. The maximum absolute atomic E-state index is 11.7. The summed E-state index contributed by atoms with van der Waals surface area (Å²) in [5.41, 5.74) is 6.33. The van der Waals surface area contributed by atoms with E-state index < -0.39 is 5.97 Å². The minimum absolute atomic E-state index is 0.0652. The van der Waals surface area contributed by atoms with Crippen LogP contribution < -0.4 is 10.1 Å². The number of benzene rings is 2. The van der Waals surface area contributed by atoms with Crippen LogP contribution in [0.2, 0.25) is 0 Å². The molecule has 0 unspecified atom stereocenters. The van der Waals surface area contributed by atoms with Crippen LogP contribution in [0.25, 0.3) is 32.9 Å². The summed E-state index contributed by atoms with van der Waals surface area (Å²) in [5, 5.41) is 14.6. The van der Waals surface area contributed by atoms with Gasteiger partial charge in [-0.25, -0.2) is 4.98 Å². The molecule has 0 saturated carbocycles. The van der Waals surface area contributed by atoms with Crippen molar-refractivity contribution in [2.24, 2.45) is 0 Å². The third kappa shape index (κ3) is 2.84. The number of rotatable bonds is 4. The first kappa shape index (κ1) is 18.4. The molecule has 0 fully saturated rings. The van der Waals surface area contributed by atoms with Crippen molar-refractivity contribution in [3.63, 3.8) is 0 Å². The molecule has 2 aromatic carbocycles. The number of hydrogen-bond donors (Lipinski definition) is 2. The lowest BCUT2D eigenvalue weighted by molar-refractivity contribution is -0.136. The Labute approximate surface area is 173 Å². The van der Waals surface area contributed by atoms with Crippen LogP contribution in [0.4, 0.5) is 5.82 Å². The number of fused-ring (bicyclic) bond motifs is 1. The van der Waals surface area contributed by atoms with Gasteiger partial charge in [0.2, 0.25) is 0 Å². The number of carboxylic acids is 1. The number of nitrogens with zero attached hydrogens (tertiary/aromatic N) is 2. The Morgan fingerprint density at radius 1 is 1.23 bits per heavy atom. The van der Waals surface area contributed by atoms with E-state index in [-0.39, 0.29) is 6.42 Å². The number of aryl methyl sites for hydroxylation is 1. The molecule has 0 aliphatic carbocycles. The molecule has 4 aromatic rings. The topological polar surface area (TPSA) is 84.3 Å². The summed E-state index contributed by atoms with van der Waals surface area (Å²) in [5.74, 6) is 0.732. The number of carbonyl (C=O) groups is 1. The normalized spacial score (nSPS) is 12.7. The van der Waals surface area contributed by atoms with E-state index in [9.17, 15) is 9.90 Å². The molecule has 1 aliphatic rings. The van der Waals surface area contributed by atoms with Crippen molar-refractivity contribution >= 4 is 33.6 Å². The first-order valence-corrected chi connectivity index (χ1v) is 9.93. The summed E-state index contributed by atoms with van der Waals surface area (Å²) in [4.78, 5) is 21.1. The lowest BCUT2D eigenvalue weighted by Gasteiger charge is -2.21. The third-order valence-corrected chi connectivity index (χ3v) is 5.75. The Balaban J connectivity index is 1.90. The molecule has 30 heavy (non-hydrogen) atoms. The van der Waals surface area contributed by atoms with Crippen LogP contribution >= 0.6 is 0 Å². The van der Waals surface area contributed by atoms with Gasteiger partial charge < -0.3 is 15.2 Å². The van der Waals surface area contributed by atoms with Gasteiger partial charge in [-0.15, -0.1) is 0 Å². The first-order chi connectivity index (χ1) is 14.6. The van der Waals surface area contributed by atoms with Crippen molar-refractivity contribution in [2.75, 3.05) is 19.0 Å². The van der Waals surface area contributed by atoms with Crippen molar-refractivity contribution in [1.29, 1.82) is 0 Å². The van der Waals surface area contributed by atoms with Crippen LogP contribution in [-0.2, 0) is 17.6 Å². The molecule has 0 atom stereocenters. The molecular formula is C24H21N3O3. The number of pyridine rings is 2. The van der Waals surface area contributed by atoms with Crippen LogP contribution in [0.1, 0.15) is 16.7 Å². The summed E-state index contributed by atoms with van der Waals surface area (Å²) < 4.78 is 5.87. The van der Waals surface area contributed by atoms with E-state index in [1.54, 1.807) is 0 Å². The summed E-state index contributed by atoms with van der Waals surface area (Å²) in [6, 6.07) is 11.9. The number of carboxylic acid groups (broad SMARTS) is 1. The molecule has 3 heterocycles. The fourth-order valence-corrected chi connectivity index (χ4v) is 4.38. The largest absolute Gasteiger partial charge is 0.493 e. The van der Waals surface area contributed by atoms with E-state index in [4.69, 9.17) is 14.7 Å². The monoisotopic (exact) mass is 399 g/mol. The van der Waals surface area contributed by atoms with Gasteiger partial charge in [0, 0.05) is 36.0 Å². The van der Waals surface area contributed by atoms with Crippen molar-refractivity contribution in [3.8, 4) is 16.9 Å². The Hall–Kier alpha value is -3.67. The molecule has 2 aromatic heterocycles. The zero-order valence-electron chi connectivity index (χ0n) is 16.8. The lowest BCUT2D eigenvalue weighted by Crippen LogP contribution is -2.10. The third-order valence-electron chi connectivity index (χ3n) is 5.75. The Morgan fingerprint density at radius 3 is 2.90 bits per heavy atom. The highest BCUT2D eigenvalue weighted by Crippen LogP contribution is 2.42. The van der Waals surface area contributed by atoms with Gasteiger partial charge in [0.15, 0.2) is 0 Å². The smallest absolute Gasteiger partial charge is 0.307 e. The van der Waals surface area contributed by atoms with E-state index in [0.717, 1.165) is 62.0 Å². The van der Waals surface area contributed by atoms with E-state index in [1.165, 1.54) is 5.56 Å². The Kier molecular flexibility index (Phi) is 4.28. The highest BCUT2D eigenvalue weighted by Gasteiger charge is 2.22. The number of hydrogen-bond acceptors (Lipinski definition) is 5. The van der Waals surface area contributed by atoms with Gasteiger partial charge in [0.05, 0.1) is 24.1 Å². The predicted octanol–water partition coefficient (Wildman–Crippen LogP) is 4.36. The van der Waals surface area contributed by atoms with Gasteiger partial charge in [-0.2, -0.15) is 0 Å². The quantitative estimate of drug-likeness (QED) is 0.530. The van der Waals surface area contributed by atoms with E-state index in [2.05, 4.69) is 5.32 Å². The molecule has 6 nitrogen and oxygen atoms in total. The summed E-state index contributed by atoms with van der Waals surface area (Å²) in [6.07, 6.45) is 2.59. The Bertz CT molecular complexity index is 1320. The predicted molar refractivity (Wildman–Crippen MR) is 117 cm³/mol. The second kappa shape index (κ2) is 6.99. The molecule has 1 aliphatic heterocycles. The molecule has 0 amide bonds. The molecule has 0 spiro atoms. The molecule has 0 bridgehead atoms. The van der Waals surface area contributed by atoms with E-state index in [0.29, 0.717) is 6.61 Å². The maximum atomic E-state index is 11.7. The number of aliphatic carboxylic acids is 1. The lowest BCUT2D eigenvalue weighted by atomic mass is 9.88. The van der Waals surface area contributed by atoms with Gasteiger partial charge >= 0.3 is 5.97 Å². The van der Waals surface area contributed by atoms with Crippen LogP contribution in [0.3, 0.4) is 0 Å². The van der Waals surface area contributed by atoms with E-state index in [1.807, 2.05) is 56.6 Å².